The molecule has 0 fully saturated rings. The van der Waals surface area contributed by atoms with Crippen LogP contribution in [0.25, 0.3) is 0 Å². The molecular weight excluding hydrogens is 388 g/mol. The number of hydrogen-bond acceptors (Lipinski definition) is 5. The fourth-order valence-corrected chi connectivity index (χ4v) is 4.20. The van der Waals surface area contributed by atoms with Gasteiger partial charge in [0.05, 0.1) is 6.54 Å². The van der Waals surface area contributed by atoms with Crippen LogP contribution in [0.5, 0.6) is 0 Å². The van der Waals surface area contributed by atoms with Gasteiger partial charge in [-0.1, -0.05) is 35.4 Å². The number of carbonyl (C=O) groups excluding carboxylic acids is 1. The first-order valence-corrected chi connectivity index (χ1v) is 10.9. The fourth-order valence-electron chi connectivity index (χ4n) is 4.20. The van der Waals surface area contributed by atoms with E-state index in [0.717, 1.165) is 49.8 Å². The van der Waals surface area contributed by atoms with Gasteiger partial charge in [0.1, 0.15) is 5.82 Å². The van der Waals surface area contributed by atoms with Crippen LogP contribution >= 0.6 is 0 Å². The molecule has 3 aromatic rings. The topological polar surface area (TPSA) is 75.9 Å². The molecule has 0 aliphatic carbocycles. The summed E-state index contributed by atoms with van der Waals surface area (Å²) in [5, 5.41) is 11.7. The van der Waals surface area contributed by atoms with Crippen molar-refractivity contribution in [1.82, 2.24) is 30.0 Å². The highest BCUT2D eigenvalue weighted by atomic mass is 16.1. The molecule has 7 nitrogen and oxygen atoms in total. The average Bonchev–Trinajstić information content (AvgIpc) is 3.03. The number of aryl methyl sites for hydroxylation is 3. The number of rotatable bonds is 7. The molecule has 0 spiro atoms. The lowest BCUT2D eigenvalue weighted by Gasteiger charge is -2.20. The minimum Gasteiger partial charge on any atom is -0.349 e. The molecule has 0 bridgehead atoms. The van der Waals surface area contributed by atoms with Gasteiger partial charge in [-0.15, -0.1) is 10.2 Å². The third-order valence-corrected chi connectivity index (χ3v) is 5.69. The van der Waals surface area contributed by atoms with E-state index in [2.05, 4.69) is 62.0 Å². The SMILES string of the molecule is Cc1cc(C)cc(CN2CCc3nnc(CNC(=O)CCc4cccnc4)n3CC2)c1. The van der Waals surface area contributed by atoms with Crippen LogP contribution in [0.4, 0.5) is 0 Å². The number of pyridine rings is 1. The van der Waals surface area contributed by atoms with Gasteiger partial charge >= 0.3 is 0 Å². The zero-order valence-electron chi connectivity index (χ0n) is 18.3. The van der Waals surface area contributed by atoms with E-state index in [-0.39, 0.29) is 5.91 Å². The lowest BCUT2D eigenvalue weighted by molar-refractivity contribution is -0.121. The first-order valence-electron chi connectivity index (χ1n) is 10.9. The van der Waals surface area contributed by atoms with E-state index < -0.39 is 0 Å². The Hall–Kier alpha value is -3.06. The molecule has 1 amide bonds. The second-order valence-corrected chi connectivity index (χ2v) is 8.34. The van der Waals surface area contributed by atoms with Crippen molar-refractivity contribution < 1.29 is 4.79 Å². The molecule has 0 saturated heterocycles. The highest BCUT2D eigenvalue weighted by molar-refractivity contribution is 5.76. The highest BCUT2D eigenvalue weighted by Gasteiger charge is 2.19. The predicted molar refractivity (Wildman–Crippen MR) is 119 cm³/mol. The van der Waals surface area contributed by atoms with E-state index in [1.165, 1.54) is 16.7 Å². The minimum atomic E-state index is 0.0197. The van der Waals surface area contributed by atoms with E-state index >= 15 is 0 Å². The Morgan fingerprint density at radius 2 is 1.90 bits per heavy atom. The van der Waals surface area contributed by atoms with Gasteiger partial charge < -0.3 is 9.88 Å². The minimum absolute atomic E-state index is 0.0197. The maximum Gasteiger partial charge on any atom is 0.220 e. The molecule has 0 atom stereocenters. The Balaban J connectivity index is 1.30. The van der Waals surface area contributed by atoms with Gasteiger partial charge in [0, 0.05) is 51.4 Å². The quantitative estimate of drug-likeness (QED) is 0.638. The van der Waals surface area contributed by atoms with Crippen molar-refractivity contribution in [3.63, 3.8) is 0 Å². The molecule has 1 N–H and O–H groups in total. The Bertz CT molecular complexity index is 1010. The molecular formula is C24H30N6O. The Morgan fingerprint density at radius 1 is 1.06 bits per heavy atom. The summed E-state index contributed by atoms with van der Waals surface area (Å²) in [6, 6.07) is 10.6. The van der Waals surface area contributed by atoms with Crippen molar-refractivity contribution in [3.8, 4) is 0 Å². The van der Waals surface area contributed by atoms with Crippen molar-refractivity contribution in [2.75, 3.05) is 13.1 Å². The van der Waals surface area contributed by atoms with Gasteiger partial charge in [-0.2, -0.15) is 0 Å². The maximum atomic E-state index is 12.3. The monoisotopic (exact) mass is 418 g/mol. The van der Waals surface area contributed by atoms with E-state index in [4.69, 9.17) is 0 Å². The normalized spacial score (nSPS) is 14.1. The zero-order chi connectivity index (χ0) is 21.6. The van der Waals surface area contributed by atoms with Gasteiger partial charge in [0.2, 0.25) is 5.91 Å². The summed E-state index contributed by atoms with van der Waals surface area (Å²) in [6.07, 6.45) is 5.53. The van der Waals surface area contributed by atoms with Crippen LogP contribution in [-0.2, 0) is 37.3 Å². The van der Waals surface area contributed by atoms with Crippen molar-refractivity contribution in [3.05, 3.63) is 76.6 Å². The van der Waals surface area contributed by atoms with Crippen LogP contribution in [0.15, 0.2) is 42.7 Å². The smallest absolute Gasteiger partial charge is 0.220 e. The number of hydrogen-bond donors (Lipinski definition) is 1. The lowest BCUT2D eigenvalue weighted by Crippen LogP contribution is -2.28. The first kappa shape index (κ1) is 21.2. The Labute approximate surface area is 183 Å². The molecule has 4 rings (SSSR count). The molecule has 0 saturated carbocycles. The second kappa shape index (κ2) is 9.83. The molecule has 0 unspecified atom stereocenters. The number of nitrogens with one attached hydrogen (secondary N) is 1. The largest absolute Gasteiger partial charge is 0.349 e. The van der Waals surface area contributed by atoms with E-state index in [1.54, 1.807) is 12.4 Å². The van der Waals surface area contributed by atoms with Gasteiger partial charge in [-0.05, 0) is 37.5 Å². The van der Waals surface area contributed by atoms with E-state index in [9.17, 15) is 4.79 Å². The van der Waals surface area contributed by atoms with Gasteiger partial charge in [-0.3, -0.25) is 14.7 Å². The second-order valence-electron chi connectivity index (χ2n) is 8.34. The lowest BCUT2D eigenvalue weighted by atomic mass is 10.1. The van der Waals surface area contributed by atoms with Crippen LogP contribution in [0.2, 0.25) is 0 Å². The number of benzene rings is 1. The number of carbonyl (C=O) groups is 1. The van der Waals surface area contributed by atoms with E-state index in [0.29, 0.717) is 19.4 Å². The van der Waals surface area contributed by atoms with Crippen LogP contribution < -0.4 is 5.32 Å². The van der Waals surface area contributed by atoms with Crippen molar-refractivity contribution in [2.24, 2.45) is 0 Å². The van der Waals surface area contributed by atoms with Gasteiger partial charge in [-0.25, -0.2) is 0 Å². The summed E-state index contributed by atoms with van der Waals surface area (Å²) in [6.45, 7) is 8.41. The number of fused-ring (bicyclic) bond motifs is 1. The molecule has 2 aromatic heterocycles. The first-order chi connectivity index (χ1) is 15.1. The molecule has 1 aromatic carbocycles. The summed E-state index contributed by atoms with van der Waals surface area (Å²) in [4.78, 5) is 18.8. The summed E-state index contributed by atoms with van der Waals surface area (Å²) in [5.74, 6) is 1.85. The predicted octanol–water partition coefficient (Wildman–Crippen LogP) is 2.60. The van der Waals surface area contributed by atoms with Crippen LogP contribution in [-0.4, -0.2) is 43.6 Å². The molecule has 0 radical (unpaired) electrons. The standard InChI is InChI=1S/C24H30N6O/c1-18-12-19(2)14-21(13-18)17-29-9-7-22-27-28-23(30(22)11-10-29)16-26-24(31)6-5-20-4-3-8-25-15-20/h3-4,8,12-15H,5-7,9-11,16-17H2,1-2H3,(H,26,31). The summed E-state index contributed by atoms with van der Waals surface area (Å²) in [5.41, 5.74) is 5.04. The number of nitrogens with zero attached hydrogens (tertiary/aromatic N) is 5. The molecule has 7 heteroatoms. The molecule has 1 aliphatic rings. The Kier molecular flexibility index (Phi) is 6.72. The number of aromatic nitrogens is 4. The molecule has 162 valence electrons. The van der Waals surface area contributed by atoms with Crippen LogP contribution in [0, 0.1) is 13.8 Å². The van der Waals surface area contributed by atoms with Crippen LogP contribution in [0.1, 0.15) is 40.3 Å². The third kappa shape index (κ3) is 5.76. The zero-order valence-corrected chi connectivity index (χ0v) is 18.3. The summed E-state index contributed by atoms with van der Waals surface area (Å²) >= 11 is 0. The average molecular weight is 419 g/mol. The summed E-state index contributed by atoms with van der Waals surface area (Å²) in [7, 11) is 0. The van der Waals surface area contributed by atoms with Gasteiger partial charge in [0.25, 0.3) is 0 Å². The third-order valence-electron chi connectivity index (χ3n) is 5.69. The van der Waals surface area contributed by atoms with Crippen molar-refractivity contribution >= 4 is 5.91 Å². The van der Waals surface area contributed by atoms with Gasteiger partial charge in [0.15, 0.2) is 5.82 Å². The molecule has 31 heavy (non-hydrogen) atoms. The van der Waals surface area contributed by atoms with Crippen molar-refractivity contribution in [1.29, 1.82) is 0 Å². The van der Waals surface area contributed by atoms with E-state index in [1.807, 2.05) is 12.1 Å². The van der Waals surface area contributed by atoms with Crippen molar-refractivity contribution in [2.45, 2.75) is 52.7 Å². The highest BCUT2D eigenvalue weighted by Crippen LogP contribution is 2.15. The fraction of sp³-hybridized carbons (Fsp3) is 0.417. The van der Waals surface area contributed by atoms with Crippen LogP contribution in [0.3, 0.4) is 0 Å². The Morgan fingerprint density at radius 3 is 2.68 bits per heavy atom. The maximum absolute atomic E-state index is 12.3. The molecule has 3 heterocycles. The number of amides is 1. The molecule has 1 aliphatic heterocycles. The summed E-state index contributed by atoms with van der Waals surface area (Å²) < 4.78 is 2.17.